The summed E-state index contributed by atoms with van der Waals surface area (Å²) < 4.78 is 11.2. The predicted octanol–water partition coefficient (Wildman–Crippen LogP) is 10.4. The third-order valence-electron chi connectivity index (χ3n) is 11.9. The number of allylic oxidation sites excluding steroid dienone is 2. The van der Waals surface area contributed by atoms with Gasteiger partial charge in [0, 0.05) is 69.5 Å². The molecule has 0 spiro atoms. The number of nitrogens with zero attached hydrogens (tertiary/aromatic N) is 3. The number of aliphatic hydroxyl groups is 1. The van der Waals surface area contributed by atoms with E-state index in [9.17, 15) is 9.90 Å². The van der Waals surface area contributed by atoms with E-state index in [0.717, 1.165) is 75.8 Å². The first-order valence-corrected chi connectivity index (χ1v) is 21.3. The van der Waals surface area contributed by atoms with E-state index in [-0.39, 0.29) is 37.2 Å². The predicted molar refractivity (Wildman–Crippen MR) is 235 cm³/mol. The van der Waals surface area contributed by atoms with Gasteiger partial charge in [0.05, 0.1) is 36.3 Å². The van der Waals surface area contributed by atoms with Gasteiger partial charge in [0.15, 0.2) is 0 Å². The number of aliphatic hydroxyl groups excluding tert-OH is 1. The Bertz CT molecular complexity index is 2500. The first-order chi connectivity index (χ1) is 28.7. The van der Waals surface area contributed by atoms with E-state index in [1.165, 1.54) is 0 Å². The van der Waals surface area contributed by atoms with Crippen LogP contribution in [0.5, 0.6) is 5.75 Å². The minimum absolute atomic E-state index is 0.0855. The second-order valence-electron chi connectivity index (χ2n) is 15.5. The van der Waals surface area contributed by atoms with Crippen molar-refractivity contribution in [2.75, 3.05) is 49.7 Å². The van der Waals surface area contributed by atoms with Crippen LogP contribution in [0, 0.1) is 5.92 Å². The fraction of sp³-hybridized carbons (Fsp3) is 0.304. The Hall–Kier alpha value is -5.13. The van der Waals surface area contributed by atoms with Gasteiger partial charge in [0.2, 0.25) is 0 Å². The van der Waals surface area contributed by atoms with Crippen molar-refractivity contribution in [1.82, 2.24) is 14.8 Å². The van der Waals surface area contributed by atoms with Crippen molar-refractivity contribution in [3.05, 3.63) is 134 Å². The number of cyclic esters (lactones) is 1. The molecule has 2 atom stereocenters. The number of H-pyrrole nitrogens is 1. The largest absolute Gasteiger partial charge is 0.491 e. The van der Waals surface area contributed by atoms with Gasteiger partial charge in [0.25, 0.3) is 5.91 Å². The average molecular weight is 853 g/mol. The maximum Gasteiger partial charge on any atom is 0.410 e. The minimum atomic E-state index is -0.392. The third-order valence-corrected chi connectivity index (χ3v) is 12.6. The standard InChI is InChI=1S/C46H44Cl3N5O5/c1-27-7-5-16-54-43(33-12-10-29(47)24-35(33)49)34-23-30(48)25-37-40(34)41(44(54)39(27)28-8-3-2-4-9-28)42(50-37)45(56)51-36-26-32(58-22-20-55)11-13-38(36)52-18-14-31(15-19-52)53-17-6-21-59-46(53)57/h2-5,8-13,16,23-27,31,43,50,55H,6-7,14-15,17-22H2,1H3,(H,51,56). The molecule has 10 nitrogen and oxygen atoms in total. The summed E-state index contributed by atoms with van der Waals surface area (Å²) in [5.74, 6) is 0.265. The Labute approximate surface area is 357 Å². The van der Waals surface area contributed by atoms with Crippen LogP contribution in [0.4, 0.5) is 16.2 Å². The van der Waals surface area contributed by atoms with E-state index in [0.29, 0.717) is 58.4 Å². The number of piperidine rings is 1. The van der Waals surface area contributed by atoms with Gasteiger partial charge in [-0.15, -0.1) is 0 Å². The topological polar surface area (TPSA) is 110 Å². The van der Waals surface area contributed by atoms with Crippen molar-refractivity contribution >= 4 is 80.4 Å². The zero-order valence-corrected chi connectivity index (χ0v) is 34.8. The number of amides is 2. The number of ether oxygens (including phenoxy) is 2. The molecule has 4 aromatic carbocycles. The molecule has 4 aliphatic rings. The number of rotatable bonds is 9. The van der Waals surface area contributed by atoms with Crippen molar-refractivity contribution in [3.8, 4) is 5.75 Å². The van der Waals surface area contributed by atoms with Crippen molar-refractivity contribution in [1.29, 1.82) is 0 Å². The monoisotopic (exact) mass is 851 g/mol. The van der Waals surface area contributed by atoms with Crippen LogP contribution in [0.2, 0.25) is 15.1 Å². The van der Waals surface area contributed by atoms with Crippen LogP contribution in [-0.2, 0) is 4.74 Å². The lowest BCUT2D eigenvalue weighted by Crippen LogP contribution is -2.50. The van der Waals surface area contributed by atoms with E-state index in [1.807, 2.05) is 65.6 Å². The summed E-state index contributed by atoms with van der Waals surface area (Å²) in [7, 11) is 0. The maximum absolute atomic E-state index is 15.1. The molecule has 0 aliphatic carbocycles. The maximum atomic E-state index is 15.1. The van der Waals surface area contributed by atoms with Gasteiger partial charge in [-0.3, -0.25) is 4.79 Å². The zero-order valence-electron chi connectivity index (χ0n) is 32.5. The van der Waals surface area contributed by atoms with Crippen LogP contribution in [0.15, 0.2) is 91.1 Å². The number of halogens is 3. The number of carbonyl (C=O) groups is 2. The number of benzene rings is 4. The first kappa shape index (κ1) is 39.3. The molecule has 13 heteroatoms. The molecule has 2 fully saturated rings. The van der Waals surface area contributed by atoms with E-state index in [1.54, 1.807) is 6.07 Å². The number of anilines is 2. The van der Waals surface area contributed by atoms with Crippen LogP contribution in [-0.4, -0.2) is 77.4 Å². The zero-order chi connectivity index (χ0) is 40.8. The molecule has 1 aromatic heterocycles. The fourth-order valence-electron chi connectivity index (χ4n) is 9.25. The summed E-state index contributed by atoms with van der Waals surface area (Å²) in [6.45, 7) is 4.69. The quantitative estimate of drug-likeness (QED) is 0.135. The van der Waals surface area contributed by atoms with Crippen molar-refractivity contribution < 1.29 is 24.2 Å². The van der Waals surface area contributed by atoms with E-state index in [4.69, 9.17) is 44.3 Å². The van der Waals surface area contributed by atoms with Crippen LogP contribution >= 0.6 is 34.8 Å². The molecule has 9 rings (SSSR count). The SMILES string of the molecule is CC1CC=CN2C(=C1c1ccccc1)c1c(C(=O)Nc3cc(OCCO)ccc3N3CCC(N4CCCOC4=O)CC3)[nH]c3cc(Cl)cc(c13)C2c1ccc(Cl)cc1Cl. The van der Waals surface area contributed by atoms with Crippen molar-refractivity contribution in [2.45, 2.75) is 44.7 Å². The molecule has 4 aliphatic heterocycles. The Morgan fingerprint density at radius 1 is 0.966 bits per heavy atom. The second kappa shape index (κ2) is 16.5. The van der Waals surface area contributed by atoms with Gasteiger partial charge in [-0.1, -0.05) is 84.2 Å². The Morgan fingerprint density at radius 2 is 1.78 bits per heavy atom. The third kappa shape index (κ3) is 7.41. The summed E-state index contributed by atoms with van der Waals surface area (Å²) in [5.41, 5.74) is 8.08. The van der Waals surface area contributed by atoms with Gasteiger partial charge in [-0.2, -0.15) is 0 Å². The molecular formula is C46H44Cl3N5O5. The van der Waals surface area contributed by atoms with Gasteiger partial charge in [0.1, 0.15) is 18.1 Å². The second-order valence-corrected chi connectivity index (χ2v) is 16.8. The summed E-state index contributed by atoms with van der Waals surface area (Å²) in [6, 6.07) is 25.0. The van der Waals surface area contributed by atoms with Crippen LogP contribution < -0.4 is 15.0 Å². The normalized spacial score (nSPS) is 19.5. The van der Waals surface area contributed by atoms with E-state index >= 15 is 4.79 Å². The average Bonchev–Trinajstić information content (AvgIpc) is 3.53. The molecule has 2 unspecified atom stereocenters. The lowest BCUT2D eigenvalue weighted by Gasteiger charge is -2.40. The van der Waals surface area contributed by atoms with E-state index in [2.05, 4.69) is 51.4 Å². The molecule has 5 aromatic rings. The van der Waals surface area contributed by atoms with Crippen molar-refractivity contribution in [2.24, 2.45) is 5.92 Å². The van der Waals surface area contributed by atoms with Crippen LogP contribution in [0.25, 0.3) is 22.2 Å². The summed E-state index contributed by atoms with van der Waals surface area (Å²) >= 11 is 20.4. The van der Waals surface area contributed by atoms with Crippen LogP contribution in [0.1, 0.15) is 71.4 Å². The fourth-order valence-corrected chi connectivity index (χ4v) is 9.99. The number of nitrogens with one attached hydrogen (secondary N) is 2. The molecule has 304 valence electrons. The Morgan fingerprint density at radius 3 is 2.54 bits per heavy atom. The highest BCUT2D eigenvalue weighted by atomic mass is 35.5. The number of aromatic nitrogens is 1. The number of hydrogen-bond acceptors (Lipinski definition) is 7. The molecule has 0 bridgehead atoms. The van der Waals surface area contributed by atoms with Crippen LogP contribution in [0.3, 0.4) is 0 Å². The molecule has 2 saturated heterocycles. The molecule has 0 radical (unpaired) electrons. The van der Waals surface area contributed by atoms with Crippen molar-refractivity contribution in [3.63, 3.8) is 0 Å². The molecule has 3 N–H and O–H groups in total. The van der Waals surface area contributed by atoms with Gasteiger partial charge < -0.3 is 39.6 Å². The van der Waals surface area contributed by atoms with Gasteiger partial charge in [-0.05, 0) is 90.3 Å². The lowest BCUT2D eigenvalue weighted by atomic mass is 9.82. The van der Waals surface area contributed by atoms with Gasteiger partial charge >= 0.3 is 6.09 Å². The number of fused-ring (bicyclic) bond motifs is 2. The highest BCUT2D eigenvalue weighted by Gasteiger charge is 2.41. The molecule has 59 heavy (non-hydrogen) atoms. The molecular weight excluding hydrogens is 809 g/mol. The smallest absolute Gasteiger partial charge is 0.410 e. The summed E-state index contributed by atoms with van der Waals surface area (Å²) in [6.07, 6.45) is 7.16. The van der Waals surface area contributed by atoms with E-state index < -0.39 is 6.04 Å². The number of aromatic amines is 1. The summed E-state index contributed by atoms with van der Waals surface area (Å²) in [4.78, 5) is 37.6. The highest BCUT2D eigenvalue weighted by Crippen LogP contribution is 2.54. The molecule has 5 heterocycles. The molecule has 2 amide bonds. The lowest BCUT2D eigenvalue weighted by molar-refractivity contribution is 0.0499. The first-order valence-electron chi connectivity index (χ1n) is 20.1. The highest BCUT2D eigenvalue weighted by molar-refractivity contribution is 6.35. The van der Waals surface area contributed by atoms with Gasteiger partial charge in [-0.25, -0.2) is 4.79 Å². The Balaban J connectivity index is 1.18. The molecule has 0 saturated carbocycles. The summed E-state index contributed by atoms with van der Waals surface area (Å²) in [5, 5.41) is 15.3. The Kier molecular flexibility index (Phi) is 11.0. The minimum Gasteiger partial charge on any atom is -0.491 e. The number of hydrogen-bond donors (Lipinski definition) is 3. The number of carbonyl (C=O) groups excluding carboxylic acids is 2.